The van der Waals surface area contributed by atoms with Gasteiger partial charge in [-0.25, -0.2) is 0 Å². The molecule has 0 aromatic heterocycles. The van der Waals surface area contributed by atoms with E-state index >= 15 is 0 Å². The van der Waals surface area contributed by atoms with Crippen LogP contribution in [-0.2, 0) is 0 Å². The van der Waals surface area contributed by atoms with E-state index in [0.29, 0.717) is 0 Å². The minimum absolute atomic E-state index is 0. The van der Waals surface area contributed by atoms with E-state index in [1.807, 2.05) is 0 Å². The summed E-state index contributed by atoms with van der Waals surface area (Å²) < 4.78 is 1.14. The van der Waals surface area contributed by atoms with Gasteiger partial charge >= 0.3 is 0 Å². The van der Waals surface area contributed by atoms with Crippen molar-refractivity contribution in [3.63, 3.8) is 0 Å². The third kappa shape index (κ3) is 3.47. The van der Waals surface area contributed by atoms with Gasteiger partial charge in [-0.3, -0.25) is 0 Å². The Morgan fingerprint density at radius 3 is 2.33 bits per heavy atom. The predicted octanol–water partition coefficient (Wildman–Crippen LogP) is -0.446. The average Bonchev–Trinajstić information content (AvgIpc) is 2.47. The summed E-state index contributed by atoms with van der Waals surface area (Å²) >= 11 is 0. The minimum atomic E-state index is 0. The third-order valence-electron chi connectivity index (χ3n) is 2.84. The Hall–Kier alpha value is -0.600. The van der Waals surface area contributed by atoms with Crippen LogP contribution >= 0.6 is 0 Å². The summed E-state index contributed by atoms with van der Waals surface area (Å²) in [6.45, 7) is 2.48. The maximum atomic E-state index is 2.34. The molecule has 1 heterocycles. The number of halogens is 1. The molecule has 0 aliphatic carbocycles. The zero-order chi connectivity index (χ0) is 10.0. The molecule has 0 spiro atoms. The number of benzene rings is 1. The SMILES string of the molecule is C[N+]1(C)CC/C(=C/c2ccccc2)C1.[Br-]. The fraction of sp³-hybridized carbons (Fsp3) is 0.385. The molecule has 0 saturated carbocycles. The first-order valence-corrected chi connectivity index (χ1v) is 5.22. The van der Waals surface area contributed by atoms with Gasteiger partial charge in [-0.15, -0.1) is 0 Å². The Bertz CT molecular complexity index is 341. The second kappa shape index (κ2) is 4.95. The van der Waals surface area contributed by atoms with Gasteiger partial charge in [0.15, 0.2) is 0 Å². The summed E-state index contributed by atoms with van der Waals surface area (Å²) in [5, 5.41) is 0. The second-order valence-electron chi connectivity index (χ2n) is 4.78. The highest BCUT2D eigenvalue weighted by Gasteiger charge is 2.24. The van der Waals surface area contributed by atoms with Gasteiger partial charge in [0, 0.05) is 6.42 Å². The van der Waals surface area contributed by atoms with Gasteiger partial charge in [0.05, 0.1) is 20.6 Å². The molecule has 0 unspecified atom stereocenters. The van der Waals surface area contributed by atoms with E-state index in [-0.39, 0.29) is 17.0 Å². The summed E-state index contributed by atoms with van der Waals surface area (Å²) in [4.78, 5) is 0. The van der Waals surface area contributed by atoms with E-state index in [1.54, 1.807) is 5.57 Å². The summed E-state index contributed by atoms with van der Waals surface area (Å²) in [7, 11) is 4.59. The zero-order valence-electron chi connectivity index (χ0n) is 9.41. The highest BCUT2D eigenvalue weighted by molar-refractivity contribution is 5.53. The molecular formula is C13H18BrN. The van der Waals surface area contributed by atoms with Gasteiger partial charge < -0.3 is 21.5 Å². The number of hydrogen-bond donors (Lipinski definition) is 0. The zero-order valence-corrected chi connectivity index (χ0v) is 11.0. The molecule has 1 aliphatic rings. The summed E-state index contributed by atoms with van der Waals surface area (Å²) in [6.07, 6.45) is 3.59. The molecule has 15 heavy (non-hydrogen) atoms. The van der Waals surface area contributed by atoms with Crippen molar-refractivity contribution in [2.45, 2.75) is 6.42 Å². The molecule has 82 valence electrons. The first-order valence-electron chi connectivity index (χ1n) is 5.22. The van der Waals surface area contributed by atoms with E-state index in [2.05, 4.69) is 50.5 Å². The summed E-state index contributed by atoms with van der Waals surface area (Å²) in [6, 6.07) is 10.6. The fourth-order valence-electron chi connectivity index (χ4n) is 2.06. The Kier molecular flexibility index (Phi) is 4.12. The lowest BCUT2D eigenvalue weighted by molar-refractivity contribution is -0.875. The number of quaternary nitrogens is 1. The molecule has 0 amide bonds. The number of rotatable bonds is 1. The molecule has 0 radical (unpaired) electrons. The molecule has 1 aliphatic heterocycles. The van der Waals surface area contributed by atoms with E-state index in [0.717, 1.165) is 4.48 Å². The van der Waals surface area contributed by atoms with Crippen LogP contribution in [0, 0.1) is 0 Å². The molecular weight excluding hydrogens is 250 g/mol. The standard InChI is InChI=1S/C13H18N.BrH/c1-14(2)9-8-13(11-14)10-12-6-4-3-5-7-12;/h3-7,10H,8-9,11H2,1-2H3;1H/q+1;/p-1/b13-10-;. The largest absolute Gasteiger partial charge is 1.00 e. The molecule has 1 aromatic carbocycles. The molecule has 0 bridgehead atoms. The van der Waals surface area contributed by atoms with Crippen LogP contribution in [0.2, 0.25) is 0 Å². The molecule has 2 heteroatoms. The number of nitrogens with zero attached hydrogens (tertiary/aromatic N) is 1. The van der Waals surface area contributed by atoms with Crippen molar-refractivity contribution < 1.29 is 21.5 Å². The third-order valence-corrected chi connectivity index (χ3v) is 2.84. The first kappa shape index (κ1) is 12.5. The monoisotopic (exact) mass is 267 g/mol. The van der Waals surface area contributed by atoms with Crippen LogP contribution in [0.25, 0.3) is 6.08 Å². The van der Waals surface area contributed by atoms with Crippen molar-refractivity contribution in [1.29, 1.82) is 0 Å². The molecule has 1 aromatic rings. The lowest BCUT2D eigenvalue weighted by Crippen LogP contribution is -3.00. The molecule has 2 rings (SSSR count). The van der Waals surface area contributed by atoms with Gasteiger partial charge in [0.2, 0.25) is 0 Å². The Morgan fingerprint density at radius 1 is 1.13 bits per heavy atom. The van der Waals surface area contributed by atoms with Crippen LogP contribution in [0.3, 0.4) is 0 Å². The molecule has 0 atom stereocenters. The van der Waals surface area contributed by atoms with Crippen molar-refractivity contribution in [2.75, 3.05) is 27.2 Å². The summed E-state index contributed by atoms with van der Waals surface area (Å²) in [5.74, 6) is 0. The summed E-state index contributed by atoms with van der Waals surface area (Å²) in [5.41, 5.74) is 2.92. The highest BCUT2D eigenvalue weighted by Crippen LogP contribution is 2.21. The van der Waals surface area contributed by atoms with Gasteiger partial charge in [-0.2, -0.15) is 0 Å². The van der Waals surface area contributed by atoms with Crippen LogP contribution in [0.15, 0.2) is 35.9 Å². The van der Waals surface area contributed by atoms with Crippen molar-refractivity contribution >= 4 is 6.08 Å². The topological polar surface area (TPSA) is 0 Å². The van der Waals surface area contributed by atoms with Crippen molar-refractivity contribution in [2.24, 2.45) is 0 Å². The maximum absolute atomic E-state index is 2.34. The normalized spacial score (nSPS) is 21.3. The Balaban J connectivity index is 0.00000112. The van der Waals surface area contributed by atoms with Crippen LogP contribution in [0.5, 0.6) is 0 Å². The van der Waals surface area contributed by atoms with Gasteiger partial charge in [0.25, 0.3) is 0 Å². The van der Waals surface area contributed by atoms with Crippen LogP contribution in [0.1, 0.15) is 12.0 Å². The molecule has 0 N–H and O–H groups in total. The average molecular weight is 268 g/mol. The van der Waals surface area contributed by atoms with Crippen molar-refractivity contribution in [1.82, 2.24) is 0 Å². The van der Waals surface area contributed by atoms with Crippen LogP contribution in [0.4, 0.5) is 0 Å². The van der Waals surface area contributed by atoms with E-state index in [9.17, 15) is 0 Å². The van der Waals surface area contributed by atoms with E-state index in [1.165, 1.54) is 25.1 Å². The minimum Gasteiger partial charge on any atom is -1.00 e. The van der Waals surface area contributed by atoms with Crippen molar-refractivity contribution in [3.05, 3.63) is 41.5 Å². The Morgan fingerprint density at radius 2 is 1.80 bits per heavy atom. The lowest BCUT2D eigenvalue weighted by atomic mass is 10.1. The smallest absolute Gasteiger partial charge is 0.100 e. The lowest BCUT2D eigenvalue weighted by Gasteiger charge is -2.21. The first-order chi connectivity index (χ1) is 6.66. The van der Waals surface area contributed by atoms with E-state index < -0.39 is 0 Å². The molecule has 1 nitrogen and oxygen atoms in total. The molecule has 1 saturated heterocycles. The second-order valence-corrected chi connectivity index (χ2v) is 4.78. The Labute approximate surface area is 103 Å². The number of hydrogen-bond acceptors (Lipinski definition) is 0. The van der Waals surface area contributed by atoms with E-state index in [4.69, 9.17) is 0 Å². The fourth-order valence-corrected chi connectivity index (χ4v) is 2.06. The van der Waals surface area contributed by atoms with Crippen LogP contribution < -0.4 is 17.0 Å². The highest BCUT2D eigenvalue weighted by atomic mass is 79.9. The molecule has 1 fully saturated rings. The number of likely N-dealkylation sites (tertiary alicyclic amines) is 1. The quantitative estimate of drug-likeness (QED) is 0.606. The predicted molar refractivity (Wildman–Crippen MR) is 60.9 cm³/mol. The van der Waals surface area contributed by atoms with Gasteiger partial charge in [0.1, 0.15) is 6.54 Å². The van der Waals surface area contributed by atoms with Crippen molar-refractivity contribution in [3.8, 4) is 0 Å². The van der Waals surface area contributed by atoms with Crippen LogP contribution in [-0.4, -0.2) is 31.7 Å². The van der Waals surface area contributed by atoms with Gasteiger partial charge in [-0.1, -0.05) is 30.3 Å². The maximum Gasteiger partial charge on any atom is 0.100 e. The van der Waals surface area contributed by atoms with Gasteiger partial charge in [-0.05, 0) is 17.2 Å². The number of likely N-dealkylation sites (N-methyl/N-ethyl adjacent to an activating group) is 1.